The van der Waals surface area contributed by atoms with E-state index >= 15 is 0 Å². The lowest BCUT2D eigenvalue weighted by Crippen LogP contribution is -2.57. The molecule has 3 aromatic rings. The molecule has 5 rings (SSSR count). The zero-order valence-electron chi connectivity index (χ0n) is 20.4. The second-order valence-corrected chi connectivity index (χ2v) is 11.6. The van der Waals surface area contributed by atoms with Crippen LogP contribution >= 0.6 is 0 Å². The number of benzene rings is 1. The Kier molecular flexibility index (Phi) is 7.59. The predicted octanol–water partition coefficient (Wildman–Crippen LogP) is 3.20. The second kappa shape index (κ2) is 11.0. The van der Waals surface area contributed by atoms with Gasteiger partial charge in [0.2, 0.25) is 15.9 Å². The number of hydrogen-bond acceptors (Lipinski definition) is 6. The van der Waals surface area contributed by atoms with Crippen molar-refractivity contribution in [1.29, 1.82) is 0 Å². The summed E-state index contributed by atoms with van der Waals surface area (Å²) in [6.07, 6.45) is 9.81. The Morgan fingerprint density at radius 1 is 0.944 bits per heavy atom. The minimum Gasteiger partial charge on any atom is -0.356 e. The van der Waals surface area contributed by atoms with Crippen LogP contribution in [0.2, 0.25) is 0 Å². The van der Waals surface area contributed by atoms with Crippen molar-refractivity contribution in [3.63, 3.8) is 0 Å². The van der Waals surface area contributed by atoms with Crippen molar-refractivity contribution in [3.8, 4) is 0 Å². The van der Waals surface area contributed by atoms with Gasteiger partial charge in [-0.25, -0.2) is 8.42 Å². The van der Waals surface area contributed by atoms with E-state index in [1.807, 2.05) is 30.3 Å². The van der Waals surface area contributed by atoms with Crippen molar-refractivity contribution in [2.45, 2.75) is 49.6 Å². The lowest BCUT2D eigenvalue weighted by molar-refractivity contribution is -0.129. The van der Waals surface area contributed by atoms with E-state index in [2.05, 4.69) is 20.2 Å². The van der Waals surface area contributed by atoms with Gasteiger partial charge < -0.3 is 5.32 Å². The summed E-state index contributed by atoms with van der Waals surface area (Å²) in [5.74, 6) is -0.229. The number of carbonyl (C=O) groups excluding carboxylic acids is 1. The van der Waals surface area contributed by atoms with Crippen LogP contribution in [-0.4, -0.2) is 65.7 Å². The van der Waals surface area contributed by atoms with Gasteiger partial charge in [-0.1, -0.05) is 31.0 Å². The summed E-state index contributed by atoms with van der Waals surface area (Å²) in [5.41, 5.74) is 1.59. The first-order chi connectivity index (χ1) is 17.5. The van der Waals surface area contributed by atoms with Crippen LogP contribution in [0.3, 0.4) is 0 Å². The van der Waals surface area contributed by atoms with E-state index in [1.165, 1.54) is 0 Å². The number of amides is 1. The molecule has 9 heteroatoms. The number of sulfonamides is 1. The van der Waals surface area contributed by atoms with E-state index in [-0.39, 0.29) is 29.3 Å². The highest BCUT2D eigenvalue weighted by molar-refractivity contribution is 7.89. The minimum absolute atomic E-state index is 0.0329. The maximum Gasteiger partial charge on any atom is 0.245 e. The summed E-state index contributed by atoms with van der Waals surface area (Å²) in [7, 11) is -3.80. The molecule has 36 heavy (non-hydrogen) atoms. The van der Waals surface area contributed by atoms with E-state index in [0.717, 1.165) is 43.2 Å². The molecule has 2 aliphatic heterocycles. The van der Waals surface area contributed by atoms with Crippen LogP contribution in [0.1, 0.15) is 37.7 Å². The molecule has 0 radical (unpaired) electrons. The molecule has 2 saturated heterocycles. The SMILES string of the molecule is O=C1NCCCCCCN(Cc2ccncc2)[C@@H]2CN(S(=O)(=O)c3cccc4cccnc34)CC[C@@H]12. The van der Waals surface area contributed by atoms with Crippen LogP contribution in [0.25, 0.3) is 10.9 Å². The zero-order chi connectivity index (χ0) is 25.0. The number of rotatable bonds is 4. The summed E-state index contributed by atoms with van der Waals surface area (Å²) >= 11 is 0. The Morgan fingerprint density at radius 2 is 1.75 bits per heavy atom. The van der Waals surface area contributed by atoms with Crippen LogP contribution in [-0.2, 0) is 21.4 Å². The average Bonchev–Trinajstić information content (AvgIpc) is 2.94. The molecule has 1 N–H and O–H groups in total. The van der Waals surface area contributed by atoms with Crippen LogP contribution in [0.5, 0.6) is 0 Å². The summed E-state index contributed by atoms with van der Waals surface area (Å²) in [4.78, 5) is 24.3. The molecule has 2 aliphatic rings. The average molecular weight is 508 g/mol. The quantitative estimate of drug-likeness (QED) is 0.583. The highest BCUT2D eigenvalue weighted by Gasteiger charge is 2.42. The van der Waals surface area contributed by atoms with Crippen molar-refractivity contribution < 1.29 is 13.2 Å². The molecule has 4 heterocycles. The second-order valence-electron chi connectivity index (χ2n) is 9.69. The molecule has 0 unspecified atom stereocenters. The molecule has 2 aromatic heterocycles. The maximum absolute atomic E-state index is 13.9. The third kappa shape index (κ3) is 5.28. The number of fused-ring (bicyclic) bond motifs is 2. The molecule has 0 spiro atoms. The van der Waals surface area contributed by atoms with Gasteiger partial charge in [-0.05, 0) is 55.6 Å². The molecule has 0 saturated carbocycles. The van der Waals surface area contributed by atoms with Gasteiger partial charge in [0.25, 0.3) is 0 Å². The van der Waals surface area contributed by atoms with Crippen LogP contribution < -0.4 is 5.32 Å². The zero-order valence-corrected chi connectivity index (χ0v) is 21.2. The summed E-state index contributed by atoms with van der Waals surface area (Å²) < 4.78 is 29.4. The molecule has 1 amide bonds. The fourth-order valence-corrected chi connectivity index (χ4v) is 7.08. The Labute approximate surface area is 212 Å². The number of hydrogen-bond donors (Lipinski definition) is 1. The number of aromatic nitrogens is 2. The Hall–Kier alpha value is -2.88. The maximum atomic E-state index is 13.9. The number of nitrogens with zero attached hydrogens (tertiary/aromatic N) is 4. The van der Waals surface area contributed by atoms with Crippen molar-refractivity contribution in [2.75, 3.05) is 26.2 Å². The van der Waals surface area contributed by atoms with Gasteiger partial charge >= 0.3 is 0 Å². The molecular weight excluding hydrogens is 474 g/mol. The van der Waals surface area contributed by atoms with Crippen molar-refractivity contribution >= 4 is 26.8 Å². The Morgan fingerprint density at radius 3 is 2.61 bits per heavy atom. The van der Waals surface area contributed by atoms with Gasteiger partial charge in [0.05, 0.1) is 11.4 Å². The number of para-hydroxylation sites is 1. The molecule has 2 fully saturated rings. The van der Waals surface area contributed by atoms with Crippen LogP contribution in [0, 0.1) is 5.92 Å². The van der Waals surface area contributed by atoms with Gasteiger partial charge in [0, 0.05) is 56.2 Å². The monoisotopic (exact) mass is 507 g/mol. The number of piperidine rings is 1. The highest BCUT2D eigenvalue weighted by Crippen LogP contribution is 2.31. The molecule has 1 aromatic carbocycles. The van der Waals surface area contributed by atoms with Crippen molar-refractivity contribution in [1.82, 2.24) is 24.5 Å². The smallest absolute Gasteiger partial charge is 0.245 e. The van der Waals surface area contributed by atoms with E-state index in [0.29, 0.717) is 31.6 Å². The van der Waals surface area contributed by atoms with E-state index in [9.17, 15) is 13.2 Å². The first-order valence-corrected chi connectivity index (χ1v) is 14.2. The number of pyridine rings is 2. The van der Waals surface area contributed by atoms with Gasteiger partial charge in [0.1, 0.15) is 4.90 Å². The Balaban J connectivity index is 1.49. The van der Waals surface area contributed by atoms with E-state index in [4.69, 9.17) is 0 Å². The normalized spacial score (nSPS) is 22.9. The minimum atomic E-state index is -3.80. The van der Waals surface area contributed by atoms with Gasteiger partial charge in [0.15, 0.2) is 0 Å². The lowest BCUT2D eigenvalue weighted by atomic mass is 9.90. The topological polar surface area (TPSA) is 95.5 Å². The molecule has 8 nitrogen and oxygen atoms in total. The molecule has 190 valence electrons. The van der Waals surface area contributed by atoms with Gasteiger partial charge in [-0.15, -0.1) is 0 Å². The standard InChI is InChI=1S/C27H33N5O3S/c33-27-23-12-18-32(36(34,35)25-9-5-7-22-8-6-14-29-26(22)25)20-24(23)31(17-4-2-1-3-13-30-27)19-21-10-15-28-16-11-21/h5-11,14-16,23-24H,1-4,12-13,17-20H2,(H,30,33)/t23-,24-/m1/s1. The highest BCUT2D eigenvalue weighted by atomic mass is 32.2. The number of carbonyl (C=O) groups is 1. The first-order valence-electron chi connectivity index (χ1n) is 12.8. The third-order valence-corrected chi connectivity index (χ3v) is 9.27. The van der Waals surface area contributed by atoms with Gasteiger partial charge in [-0.3, -0.25) is 19.7 Å². The number of nitrogens with one attached hydrogen (secondary N) is 1. The van der Waals surface area contributed by atoms with Crippen molar-refractivity contribution in [2.24, 2.45) is 5.92 Å². The summed E-state index contributed by atoms with van der Waals surface area (Å²) in [6.45, 7) is 2.73. The van der Waals surface area contributed by atoms with Crippen molar-refractivity contribution in [3.05, 3.63) is 66.6 Å². The fourth-order valence-electron chi connectivity index (χ4n) is 5.44. The molecule has 0 aliphatic carbocycles. The predicted molar refractivity (Wildman–Crippen MR) is 139 cm³/mol. The lowest BCUT2D eigenvalue weighted by Gasteiger charge is -2.43. The first kappa shape index (κ1) is 24.8. The summed E-state index contributed by atoms with van der Waals surface area (Å²) in [6, 6.07) is 12.7. The molecule has 0 bridgehead atoms. The van der Waals surface area contributed by atoms with Crippen LogP contribution in [0.4, 0.5) is 0 Å². The largest absolute Gasteiger partial charge is 0.356 e. The van der Waals surface area contributed by atoms with Crippen LogP contribution in [0.15, 0.2) is 66.0 Å². The van der Waals surface area contributed by atoms with Gasteiger partial charge in [-0.2, -0.15) is 4.31 Å². The third-order valence-electron chi connectivity index (χ3n) is 7.37. The molecule has 2 atom stereocenters. The summed E-state index contributed by atoms with van der Waals surface area (Å²) in [5, 5.41) is 3.91. The Bertz CT molecular complexity index is 1300. The molecular formula is C27H33N5O3S. The fraction of sp³-hybridized carbons (Fsp3) is 0.444. The van der Waals surface area contributed by atoms with E-state index < -0.39 is 10.0 Å². The van der Waals surface area contributed by atoms with E-state index in [1.54, 1.807) is 35.0 Å².